The molecule has 0 spiro atoms. The Hall–Kier alpha value is -1.26. The van der Waals surface area contributed by atoms with Crippen molar-refractivity contribution in [3.8, 4) is 0 Å². The predicted octanol–water partition coefficient (Wildman–Crippen LogP) is 5.06. The summed E-state index contributed by atoms with van der Waals surface area (Å²) in [6.07, 6.45) is 4.68. The van der Waals surface area contributed by atoms with Gasteiger partial charge >= 0.3 is 0 Å². The third-order valence-electron chi connectivity index (χ3n) is 2.52. The topological polar surface area (TPSA) is 37.0 Å². The third-order valence-corrected chi connectivity index (χ3v) is 3.45. The molecule has 1 aromatic carbocycles. The Labute approximate surface area is 126 Å². The first kappa shape index (κ1) is 14.2. The van der Waals surface area contributed by atoms with Crippen LogP contribution in [0.2, 0.25) is 5.02 Å². The Balaban J connectivity index is 2.16. The zero-order valence-electron chi connectivity index (χ0n) is 10.6. The Morgan fingerprint density at radius 1 is 1.21 bits per heavy atom. The van der Waals surface area contributed by atoms with E-state index in [0.717, 1.165) is 34.5 Å². The fraction of sp³-hybridized carbons (Fsp3) is 0.214. The van der Waals surface area contributed by atoms with Gasteiger partial charge in [-0.2, -0.15) is 0 Å². The van der Waals surface area contributed by atoms with Crippen LogP contribution < -0.4 is 10.6 Å². The summed E-state index contributed by atoms with van der Waals surface area (Å²) in [5.41, 5.74) is 2.84. The Morgan fingerprint density at radius 3 is 2.79 bits per heavy atom. The maximum absolute atomic E-state index is 5.99. The molecule has 0 aliphatic heterocycles. The monoisotopic (exact) mass is 339 g/mol. The van der Waals surface area contributed by atoms with Crippen LogP contribution in [-0.4, -0.2) is 11.5 Å². The molecular formula is C14H15BrClN3. The standard InChI is InChI=1S/C14H15BrClN3/c1-2-5-18-11-7-12(9-17-8-11)19-14-6-10(16)3-4-13(14)15/h3-4,6-9,18-19H,2,5H2,1H3. The molecule has 0 amide bonds. The largest absolute Gasteiger partial charge is 0.384 e. The van der Waals surface area contributed by atoms with E-state index in [1.165, 1.54) is 0 Å². The number of nitrogens with zero attached hydrogens (tertiary/aromatic N) is 1. The van der Waals surface area contributed by atoms with E-state index in [1.807, 2.05) is 30.5 Å². The van der Waals surface area contributed by atoms with Gasteiger partial charge in [0.25, 0.3) is 0 Å². The van der Waals surface area contributed by atoms with Gasteiger partial charge in [-0.05, 0) is 46.6 Å². The number of hydrogen-bond donors (Lipinski definition) is 2. The quantitative estimate of drug-likeness (QED) is 0.798. The van der Waals surface area contributed by atoms with Crippen molar-refractivity contribution < 1.29 is 0 Å². The summed E-state index contributed by atoms with van der Waals surface area (Å²) in [7, 11) is 0. The van der Waals surface area contributed by atoms with Gasteiger partial charge in [0.15, 0.2) is 0 Å². The molecule has 3 nitrogen and oxygen atoms in total. The average molecular weight is 341 g/mol. The van der Waals surface area contributed by atoms with Crippen molar-refractivity contribution in [1.29, 1.82) is 0 Å². The van der Waals surface area contributed by atoms with Gasteiger partial charge in [-0.25, -0.2) is 0 Å². The van der Waals surface area contributed by atoms with Crippen molar-refractivity contribution in [3.63, 3.8) is 0 Å². The summed E-state index contributed by atoms with van der Waals surface area (Å²) in [5.74, 6) is 0. The highest BCUT2D eigenvalue weighted by Crippen LogP contribution is 2.29. The Morgan fingerprint density at radius 2 is 2.00 bits per heavy atom. The van der Waals surface area contributed by atoms with E-state index in [2.05, 4.69) is 38.5 Å². The zero-order chi connectivity index (χ0) is 13.7. The van der Waals surface area contributed by atoms with Crippen molar-refractivity contribution in [2.75, 3.05) is 17.2 Å². The highest BCUT2D eigenvalue weighted by Gasteiger charge is 2.02. The fourth-order valence-electron chi connectivity index (χ4n) is 1.62. The molecule has 2 N–H and O–H groups in total. The molecule has 19 heavy (non-hydrogen) atoms. The molecule has 100 valence electrons. The normalized spacial score (nSPS) is 10.3. The second kappa shape index (κ2) is 6.78. The summed E-state index contributed by atoms with van der Waals surface area (Å²) < 4.78 is 0.962. The molecule has 0 atom stereocenters. The Bertz CT molecular complexity index is 560. The highest BCUT2D eigenvalue weighted by molar-refractivity contribution is 9.10. The predicted molar refractivity (Wildman–Crippen MR) is 85.5 cm³/mol. The maximum Gasteiger partial charge on any atom is 0.0591 e. The van der Waals surface area contributed by atoms with Crippen molar-refractivity contribution in [2.24, 2.45) is 0 Å². The SMILES string of the molecule is CCCNc1cncc(Nc2cc(Cl)ccc2Br)c1. The van der Waals surface area contributed by atoms with E-state index >= 15 is 0 Å². The molecule has 0 aliphatic carbocycles. The molecule has 0 radical (unpaired) electrons. The van der Waals surface area contributed by atoms with Gasteiger partial charge in [-0.1, -0.05) is 18.5 Å². The van der Waals surface area contributed by atoms with Crippen molar-refractivity contribution in [1.82, 2.24) is 4.98 Å². The number of rotatable bonds is 5. The first-order valence-corrected chi connectivity index (χ1v) is 7.27. The molecule has 0 saturated carbocycles. The lowest BCUT2D eigenvalue weighted by Crippen LogP contribution is -2.01. The van der Waals surface area contributed by atoms with Crippen LogP contribution in [0.4, 0.5) is 17.1 Å². The van der Waals surface area contributed by atoms with Crippen LogP contribution in [0, 0.1) is 0 Å². The molecule has 1 heterocycles. The minimum Gasteiger partial charge on any atom is -0.384 e. The second-order valence-corrected chi connectivity index (χ2v) is 5.43. The van der Waals surface area contributed by atoms with Crippen LogP contribution in [0.1, 0.15) is 13.3 Å². The lowest BCUT2D eigenvalue weighted by atomic mass is 10.3. The van der Waals surface area contributed by atoms with Gasteiger partial charge in [0, 0.05) is 16.0 Å². The highest BCUT2D eigenvalue weighted by atomic mass is 79.9. The molecule has 0 bridgehead atoms. The molecule has 2 rings (SSSR count). The molecule has 2 aromatic rings. The average Bonchev–Trinajstić information content (AvgIpc) is 2.41. The third kappa shape index (κ3) is 4.11. The molecule has 0 aliphatic rings. The van der Waals surface area contributed by atoms with Crippen LogP contribution in [0.25, 0.3) is 0 Å². The van der Waals surface area contributed by atoms with Gasteiger partial charge in [0.2, 0.25) is 0 Å². The minimum atomic E-state index is 0.693. The first-order chi connectivity index (χ1) is 9.19. The number of nitrogens with one attached hydrogen (secondary N) is 2. The van der Waals surface area contributed by atoms with Crippen molar-refractivity contribution in [3.05, 3.63) is 46.2 Å². The summed E-state index contributed by atoms with van der Waals surface area (Å²) in [6.45, 7) is 3.07. The number of halogens is 2. The summed E-state index contributed by atoms with van der Waals surface area (Å²) in [4.78, 5) is 4.21. The van der Waals surface area contributed by atoms with Crippen molar-refractivity contribution >= 4 is 44.6 Å². The van der Waals surface area contributed by atoms with E-state index < -0.39 is 0 Å². The van der Waals surface area contributed by atoms with Gasteiger partial charge < -0.3 is 10.6 Å². The maximum atomic E-state index is 5.99. The van der Waals surface area contributed by atoms with Crippen LogP contribution in [-0.2, 0) is 0 Å². The number of benzene rings is 1. The van der Waals surface area contributed by atoms with Crippen LogP contribution in [0.5, 0.6) is 0 Å². The van der Waals surface area contributed by atoms with E-state index in [-0.39, 0.29) is 0 Å². The number of hydrogen-bond acceptors (Lipinski definition) is 3. The lowest BCUT2D eigenvalue weighted by Gasteiger charge is -2.10. The van der Waals surface area contributed by atoms with Gasteiger partial charge in [0.05, 0.1) is 29.5 Å². The summed E-state index contributed by atoms with van der Waals surface area (Å²) in [5, 5.41) is 7.30. The zero-order valence-corrected chi connectivity index (χ0v) is 12.9. The summed E-state index contributed by atoms with van der Waals surface area (Å²) in [6, 6.07) is 7.65. The van der Waals surface area contributed by atoms with Crippen LogP contribution in [0.3, 0.4) is 0 Å². The molecule has 5 heteroatoms. The molecule has 0 fully saturated rings. The Kier molecular flexibility index (Phi) is 5.05. The number of pyridine rings is 1. The van der Waals surface area contributed by atoms with Crippen molar-refractivity contribution in [2.45, 2.75) is 13.3 Å². The van der Waals surface area contributed by atoms with Gasteiger partial charge in [-0.3, -0.25) is 4.98 Å². The van der Waals surface area contributed by atoms with Gasteiger partial charge in [0.1, 0.15) is 0 Å². The molecule has 0 saturated heterocycles. The van der Waals surface area contributed by atoms with E-state index in [1.54, 1.807) is 6.20 Å². The van der Waals surface area contributed by atoms with E-state index in [9.17, 15) is 0 Å². The lowest BCUT2D eigenvalue weighted by molar-refractivity contribution is 0.978. The van der Waals surface area contributed by atoms with E-state index in [0.29, 0.717) is 5.02 Å². The smallest absolute Gasteiger partial charge is 0.0591 e. The first-order valence-electron chi connectivity index (χ1n) is 6.10. The number of aromatic nitrogens is 1. The second-order valence-electron chi connectivity index (χ2n) is 4.14. The van der Waals surface area contributed by atoms with Crippen LogP contribution in [0.15, 0.2) is 41.1 Å². The molecular weight excluding hydrogens is 326 g/mol. The minimum absolute atomic E-state index is 0.693. The summed E-state index contributed by atoms with van der Waals surface area (Å²) >= 11 is 9.49. The fourth-order valence-corrected chi connectivity index (χ4v) is 2.14. The number of anilines is 3. The van der Waals surface area contributed by atoms with Crippen LogP contribution >= 0.6 is 27.5 Å². The molecule has 1 aromatic heterocycles. The van der Waals surface area contributed by atoms with E-state index in [4.69, 9.17) is 11.6 Å². The van der Waals surface area contributed by atoms with Gasteiger partial charge in [-0.15, -0.1) is 0 Å². The molecule has 0 unspecified atom stereocenters.